The van der Waals surface area contributed by atoms with Crippen LogP contribution in [0.4, 0.5) is 0 Å². The lowest BCUT2D eigenvalue weighted by Crippen LogP contribution is -2.53. The van der Waals surface area contributed by atoms with E-state index in [0.717, 1.165) is 6.54 Å². The summed E-state index contributed by atoms with van der Waals surface area (Å²) in [6.45, 7) is 10.8. The van der Waals surface area contributed by atoms with Gasteiger partial charge in [0.15, 0.2) is 6.17 Å². The molecule has 1 aliphatic heterocycles. The van der Waals surface area contributed by atoms with Crippen molar-refractivity contribution >= 4 is 0 Å². The predicted molar refractivity (Wildman–Crippen MR) is 164 cm³/mol. The lowest BCUT2D eigenvalue weighted by atomic mass is 10.1. The maximum Gasteiger partial charge on any atom is 0.166 e. The van der Waals surface area contributed by atoms with Crippen molar-refractivity contribution < 1.29 is 4.48 Å². The molecule has 2 nitrogen and oxygen atoms in total. The van der Waals surface area contributed by atoms with Crippen molar-refractivity contribution in [1.82, 2.24) is 4.90 Å². The first-order valence-corrected chi connectivity index (χ1v) is 16.6. The van der Waals surface area contributed by atoms with Gasteiger partial charge in [-0.05, 0) is 31.2 Å². The third-order valence-corrected chi connectivity index (χ3v) is 8.84. The van der Waals surface area contributed by atoms with E-state index in [1.54, 1.807) is 0 Å². The van der Waals surface area contributed by atoms with Gasteiger partial charge in [0.25, 0.3) is 0 Å². The topological polar surface area (TPSA) is 3.24 Å². The van der Waals surface area contributed by atoms with E-state index in [1.165, 1.54) is 152 Å². The molecule has 0 N–H and O–H groups in total. The molecule has 0 radical (unpaired) electrons. The summed E-state index contributed by atoms with van der Waals surface area (Å²) >= 11 is 0. The molecule has 0 bridgehead atoms. The van der Waals surface area contributed by atoms with Gasteiger partial charge in [0.1, 0.15) is 6.20 Å². The molecule has 37 heavy (non-hydrogen) atoms. The standard InChI is InChI=1S/C35H63N2/c1-4-6-8-10-12-14-16-18-20-25-30-37(31-26-21-19-17-15-13-11-9-7-5-2)32-29-36(34(37)3)33-35-27-23-22-24-28-35/h22-24,27-29,32,34H,4-21,25-26,30-31,33H2,1-3H3/q+1. The SMILES string of the molecule is CCCCCCCCCCCC[N+]1(CCCCCCCCCCCC)C=CN(Cc2ccccc2)C1C. The van der Waals surface area contributed by atoms with Crippen molar-refractivity contribution in [1.29, 1.82) is 0 Å². The molecule has 1 unspecified atom stereocenters. The van der Waals surface area contributed by atoms with Crippen LogP contribution >= 0.6 is 0 Å². The Hall–Kier alpha value is -1.28. The Labute approximate surface area is 232 Å². The van der Waals surface area contributed by atoms with Crippen LogP contribution in [0.25, 0.3) is 0 Å². The second-order valence-electron chi connectivity index (χ2n) is 12.0. The van der Waals surface area contributed by atoms with Crippen LogP contribution in [0.5, 0.6) is 0 Å². The van der Waals surface area contributed by atoms with E-state index in [0.29, 0.717) is 6.17 Å². The minimum atomic E-state index is 0.553. The molecule has 212 valence electrons. The Morgan fingerprint density at radius 1 is 0.568 bits per heavy atom. The van der Waals surface area contributed by atoms with Crippen molar-refractivity contribution in [2.75, 3.05) is 13.1 Å². The lowest BCUT2D eigenvalue weighted by Gasteiger charge is -2.39. The van der Waals surface area contributed by atoms with Crippen LogP contribution in [-0.2, 0) is 6.54 Å². The van der Waals surface area contributed by atoms with E-state index in [9.17, 15) is 0 Å². The normalized spacial score (nSPS) is 16.6. The van der Waals surface area contributed by atoms with E-state index in [-0.39, 0.29) is 0 Å². The number of unbranched alkanes of at least 4 members (excludes halogenated alkanes) is 18. The van der Waals surface area contributed by atoms with Gasteiger partial charge >= 0.3 is 0 Å². The molecule has 0 saturated heterocycles. The van der Waals surface area contributed by atoms with Gasteiger partial charge in [0.2, 0.25) is 0 Å². The van der Waals surface area contributed by atoms with Gasteiger partial charge in [-0.15, -0.1) is 0 Å². The number of rotatable bonds is 24. The molecule has 1 aliphatic rings. The largest absolute Gasteiger partial charge is 0.320 e. The Morgan fingerprint density at radius 2 is 0.973 bits per heavy atom. The van der Waals surface area contributed by atoms with Crippen molar-refractivity contribution in [3.8, 4) is 0 Å². The van der Waals surface area contributed by atoms with Crippen molar-refractivity contribution in [3.63, 3.8) is 0 Å². The molecular weight excluding hydrogens is 448 g/mol. The minimum Gasteiger partial charge on any atom is -0.320 e. The monoisotopic (exact) mass is 511 g/mol. The van der Waals surface area contributed by atoms with Crippen LogP contribution < -0.4 is 0 Å². The summed E-state index contributed by atoms with van der Waals surface area (Å²) in [5.41, 5.74) is 1.43. The van der Waals surface area contributed by atoms with Gasteiger partial charge in [0, 0.05) is 13.5 Å². The number of nitrogens with zero attached hydrogens (tertiary/aromatic N) is 2. The maximum absolute atomic E-state index is 2.60. The average molecular weight is 512 g/mol. The van der Waals surface area contributed by atoms with Gasteiger partial charge in [-0.3, -0.25) is 4.48 Å². The fraction of sp³-hybridized carbons (Fsp3) is 0.771. The number of quaternary nitrogens is 1. The molecule has 2 heteroatoms. The third kappa shape index (κ3) is 13.4. The summed E-state index contributed by atoms with van der Waals surface area (Å²) in [7, 11) is 0. The summed E-state index contributed by atoms with van der Waals surface area (Å²) in [5.74, 6) is 0. The van der Waals surface area contributed by atoms with Crippen molar-refractivity contribution in [2.24, 2.45) is 0 Å². The molecule has 1 atom stereocenters. The zero-order valence-corrected chi connectivity index (χ0v) is 25.3. The molecule has 0 saturated carbocycles. The van der Waals surface area contributed by atoms with Gasteiger partial charge < -0.3 is 4.90 Å². The first kappa shape index (κ1) is 31.9. The summed E-state index contributed by atoms with van der Waals surface area (Å²) in [6, 6.07) is 11.0. The quantitative estimate of drug-likeness (QED) is 0.0985. The smallest absolute Gasteiger partial charge is 0.166 e. The van der Waals surface area contributed by atoms with Crippen molar-refractivity contribution in [3.05, 3.63) is 48.3 Å². The molecule has 0 amide bonds. The fourth-order valence-corrected chi connectivity index (χ4v) is 6.16. The molecule has 1 aromatic carbocycles. The highest BCUT2D eigenvalue weighted by Crippen LogP contribution is 2.30. The highest BCUT2D eigenvalue weighted by Gasteiger charge is 2.39. The van der Waals surface area contributed by atoms with E-state index in [4.69, 9.17) is 0 Å². The van der Waals surface area contributed by atoms with E-state index < -0.39 is 0 Å². The van der Waals surface area contributed by atoms with Gasteiger partial charge in [0.05, 0.1) is 19.3 Å². The summed E-state index contributed by atoms with van der Waals surface area (Å²) in [5, 5.41) is 0. The Kier molecular flexibility index (Phi) is 17.8. The second-order valence-corrected chi connectivity index (χ2v) is 12.0. The Balaban J connectivity index is 1.72. The van der Waals surface area contributed by atoms with Gasteiger partial charge in [-0.2, -0.15) is 0 Å². The summed E-state index contributed by atoms with van der Waals surface area (Å²) < 4.78 is 1.18. The first-order valence-electron chi connectivity index (χ1n) is 16.6. The fourth-order valence-electron chi connectivity index (χ4n) is 6.16. The Bertz CT molecular complexity index is 643. The van der Waals surface area contributed by atoms with Crippen LogP contribution in [0.2, 0.25) is 0 Å². The molecule has 0 spiro atoms. The zero-order chi connectivity index (χ0) is 26.4. The van der Waals surface area contributed by atoms with E-state index >= 15 is 0 Å². The van der Waals surface area contributed by atoms with Crippen LogP contribution in [-0.4, -0.2) is 28.6 Å². The second kappa shape index (κ2) is 20.7. The van der Waals surface area contributed by atoms with E-state index in [2.05, 4.69) is 68.4 Å². The predicted octanol–water partition coefficient (Wildman–Crippen LogP) is 11.0. The maximum atomic E-state index is 2.60. The number of hydrogen-bond donors (Lipinski definition) is 0. The minimum absolute atomic E-state index is 0.553. The highest BCUT2D eigenvalue weighted by atomic mass is 15.5. The zero-order valence-electron chi connectivity index (χ0n) is 25.3. The molecular formula is C35H63N2+. The lowest BCUT2D eigenvalue weighted by molar-refractivity contribution is -0.906. The molecule has 1 heterocycles. The molecule has 0 fully saturated rings. The van der Waals surface area contributed by atoms with Gasteiger partial charge in [-0.1, -0.05) is 147 Å². The number of benzene rings is 1. The third-order valence-electron chi connectivity index (χ3n) is 8.84. The Morgan fingerprint density at radius 3 is 1.41 bits per heavy atom. The van der Waals surface area contributed by atoms with E-state index in [1.807, 2.05) is 0 Å². The average Bonchev–Trinajstić information content (AvgIpc) is 3.21. The summed E-state index contributed by atoms with van der Waals surface area (Å²) in [4.78, 5) is 2.60. The van der Waals surface area contributed by atoms with Crippen molar-refractivity contribution in [2.45, 2.75) is 162 Å². The molecule has 0 aromatic heterocycles. The van der Waals surface area contributed by atoms with Gasteiger partial charge in [-0.25, -0.2) is 0 Å². The molecule has 1 aromatic rings. The van der Waals surface area contributed by atoms with Crippen LogP contribution in [0.3, 0.4) is 0 Å². The highest BCUT2D eigenvalue weighted by molar-refractivity contribution is 5.15. The first-order chi connectivity index (χ1) is 18.2. The van der Waals surface area contributed by atoms with Crippen LogP contribution in [0.1, 0.15) is 155 Å². The summed E-state index contributed by atoms with van der Waals surface area (Å²) in [6.07, 6.45) is 34.0. The van der Waals surface area contributed by atoms with Crippen LogP contribution in [0.15, 0.2) is 42.7 Å². The van der Waals surface area contributed by atoms with Crippen LogP contribution in [0, 0.1) is 0 Å². The molecule has 2 rings (SSSR count). The molecule has 0 aliphatic carbocycles. The number of hydrogen-bond acceptors (Lipinski definition) is 1.